The lowest BCUT2D eigenvalue weighted by Gasteiger charge is -2.10. The molecule has 0 aliphatic heterocycles. The van der Waals surface area contributed by atoms with Crippen molar-refractivity contribution in [2.45, 2.75) is 13.3 Å². The molecule has 0 fully saturated rings. The summed E-state index contributed by atoms with van der Waals surface area (Å²) < 4.78 is 1.51. The van der Waals surface area contributed by atoms with Gasteiger partial charge < -0.3 is 5.11 Å². The van der Waals surface area contributed by atoms with Gasteiger partial charge in [0.2, 0.25) is 0 Å². The standard InChI is InChI=1S/C16H12Cl2N4O2/c1-2-15-19-20-21-22(15)12-6-9(5-10(7-12)16(23)24)13-4-3-11(17)8-14(13)18/h3-8H,2H2,1H3,(H,23,24). The second-order valence-corrected chi connectivity index (χ2v) is 5.90. The van der Waals surface area contributed by atoms with E-state index in [1.54, 1.807) is 30.3 Å². The Labute approximate surface area is 147 Å². The predicted molar refractivity (Wildman–Crippen MR) is 90.9 cm³/mol. The first kappa shape index (κ1) is 16.4. The number of halogens is 2. The van der Waals surface area contributed by atoms with E-state index in [1.165, 1.54) is 10.7 Å². The summed E-state index contributed by atoms with van der Waals surface area (Å²) >= 11 is 12.2. The van der Waals surface area contributed by atoms with Crippen molar-refractivity contribution >= 4 is 29.2 Å². The van der Waals surface area contributed by atoms with Crippen LogP contribution in [0.2, 0.25) is 10.0 Å². The highest BCUT2D eigenvalue weighted by molar-refractivity contribution is 6.36. The van der Waals surface area contributed by atoms with Gasteiger partial charge in [-0.05, 0) is 46.3 Å². The first-order valence-electron chi connectivity index (χ1n) is 7.11. The number of benzene rings is 2. The summed E-state index contributed by atoms with van der Waals surface area (Å²) in [5.74, 6) is -0.417. The molecule has 2 aromatic carbocycles. The predicted octanol–water partition coefficient (Wildman–Crippen LogP) is 3.90. The lowest BCUT2D eigenvalue weighted by Crippen LogP contribution is -2.05. The van der Waals surface area contributed by atoms with Crippen LogP contribution in [-0.4, -0.2) is 31.3 Å². The monoisotopic (exact) mass is 362 g/mol. The van der Waals surface area contributed by atoms with E-state index in [0.29, 0.717) is 39.1 Å². The van der Waals surface area contributed by atoms with Crippen LogP contribution in [0, 0.1) is 0 Å². The fraction of sp³-hybridized carbons (Fsp3) is 0.125. The molecule has 0 saturated heterocycles. The topological polar surface area (TPSA) is 80.9 Å². The number of carboxylic acid groups (broad SMARTS) is 1. The third-order valence-electron chi connectivity index (χ3n) is 3.50. The number of rotatable bonds is 4. The van der Waals surface area contributed by atoms with Crippen molar-refractivity contribution in [2.24, 2.45) is 0 Å². The van der Waals surface area contributed by atoms with Gasteiger partial charge in [-0.1, -0.05) is 36.2 Å². The summed E-state index contributed by atoms with van der Waals surface area (Å²) in [4.78, 5) is 11.5. The minimum Gasteiger partial charge on any atom is -0.478 e. The molecule has 0 radical (unpaired) electrons. The lowest BCUT2D eigenvalue weighted by atomic mass is 10.0. The highest BCUT2D eigenvalue weighted by atomic mass is 35.5. The number of aryl methyl sites for hydroxylation is 1. The van der Waals surface area contributed by atoms with Crippen molar-refractivity contribution in [1.29, 1.82) is 0 Å². The summed E-state index contributed by atoms with van der Waals surface area (Å²) in [5.41, 5.74) is 1.99. The molecule has 1 aromatic heterocycles. The van der Waals surface area contributed by atoms with Crippen LogP contribution in [0.5, 0.6) is 0 Å². The molecule has 8 heteroatoms. The number of carboxylic acids is 1. The first-order chi connectivity index (χ1) is 11.5. The number of nitrogens with zero attached hydrogens (tertiary/aromatic N) is 4. The van der Waals surface area contributed by atoms with E-state index in [0.717, 1.165) is 0 Å². The van der Waals surface area contributed by atoms with Gasteiger partial charge in [0.1, 0.15) is 0 Å². The molecule has 0 atom stereocenters. The average Bonchev–Trinajstić information content (AvgIpc) is 3.03. The molecule has 1 heterocycles. The number of tetrazole rings is 1. The van der Waals surface area contributed by atoms with Gasteiger partial charge in [-0.3, -0.25) is 0 Å². The van der Waals surface area contributed by atoms with E-state index in [2.05, 4.69) is 15.5 Å². The van der Waals surface area contributed by atoms with Crippen LogP contribution in [0.1, 0.15) is 23.1 Å². The molecule has 24 heavy (non-hydrogen) atoms. The Balaban J connectivity index is 2.22. The number of hydrogen-bond donors (Lipinski definition) is 1. The van der Waals surface area contributed by atoms with Crippen LogP contribution < -0.4 is 0 Å². The summed E-state index contributed by atoms with van der Waals surface area (Å²) in [6, 6.07) is 9.92. The second-order valence-electron chi connectivity index (χ2n) is 5.06. The zero-order valence-electron chi connectivity index (χ0n) is 12.6. The van der Waals surface area contributed by atoms with E-state index in [4.69, 9.17) is 23.2 Å². The summed E-state index contributed by atoms with van der Waals surface area (Å²) in [5, 5.41) is 21.9. The van der Waals surface area contributed by atoms with Crippen molar-refractivity contribution in [3.8, 4) is 16.8 Å². The largest absolute Gasteiger partial charge is 0.478 e. The van der Waals surface area contributed by atoms with E-state index < -0.39 is 5.97 Å². The van der Waals surface area contributed by atoms with Gasteiger partial charge in [0, 0.05) is 22.0 Å². The fourth-order valence-corrected chi connectivity index (χ4v) is 2.88. The molecule has 0 unspecified atom stereocenters. The van der Waals surface area contributed by atoms with Crippen molar-refractivity contribution in [3.63, 3.8) is 0 Å². The van der Waals surface area contributed by atoms with Gasteiger partial charge in [0.05, 0.1) is 11.3 Å². The molecule has 0 saturated carbocycles. The Morgan fingerprint density at radius 2 is 2.00 bits per heavy atom. The minimum atomic E-state index is -1.05. The van der Waals surface area contributed by atoms with E-state index >= 15 is 0 Å². The number of hydrogen-bond acceptors (Lipinski definition) is 4. The van der Waals surface area contributed by atoms with E-state index in [9.17, 15) is 9.90 Å². The number of aromatic nitrogens is 4. The van der Waals surface area contributed by atoms with Gasteiger partial charge in [0.25, 0.3) is 0 Å². The third kappa shape index (κ3) is 3.11. The molecule has 122 valence electrons. The molecule has 1 N–H and O–H groups in total. The quantitative estimate of drug-likeness (QED) is 0.761. The minimum absolute atomic E-state index is 0.117. The maximum Gasteiger partial charge on any atom is 0.335 e. The van der Waals surface area contributed by atoms with E-state index in [-0.39, 0.29) is 5.56 Å². The van der Waals surface area contributed by atoms with Crippen molar-refractivity contribution in [3.05, 3.63) is 57.8 Å². The maximum absolute atomic E-state index is 11.5. The molecular formula is C16H12Cl2N4O2. The van der Waals surface area contributed by atoms with Crippen LogP contribution >= 0.6 is 23.2 Å². The van der Waals surface area contributed by atoms with Gasteiger partial charge >= 0.3 is 5.97 Å². The zero-order chi connectivity index (χ0) is 17.3. The smallest absolute Gasteiger partial charge is 0.335 e. The molecule has 0 bridgehead atoms. The van der Waals surface area contributed by atoms with Gasteiger partial charge in [-0.2, -0.15) is 4.68 Å². The summed E-state index contributed by atoms with van der Waals surface area (Å²) in [6.07, 6.45) is 0.612. The number of carbonyl (C=O) groups is 1. The summed E-state index contributed by atoms with van der Waals surface area (Å²) in [7, 11) is 0. The Morgan fingerprint density at radius 1 is 1.21 bits per heavy atom. The SMILES string of the molecule is CCc1nnnn1-c1cc(C(=O)O)cc(-c2ccc(Cl)cc2Cl)c1. The molecule has 3 aromatic rings. The van der Waals surface area contributed by atoms with Crippen molar-refractivity contribution < 1.29 is 9.90 Å². The molecule has 0 amide bonds. The van der Waals surface area contributed by atoms with Crippen LogP contribution in [-0.2, 0) is 6.42 Å². The molecule has 0 aliphatic rings. The van der Waals surface area contributed by atoms with Crippen LogP contribution in [0.4, 0.5) is 0 Å². The van der Waals surface area contributed by atoms with E-state index in [1.807, 2.05) is 6.92 Å². The highest BCUT2D eigenvalue weighted by Crippen LogP contribution is 2.32. The Hall–Kier alpha value is -2.44. The average molecular weight is 363 g/mol. The third-order valence-corrected chi connectivity index (χ3v) is 4.05. The zero-order valence-corrected chi connectivity index (χ0v) is 14.1. The molecular weight excluding hydrogens is 351 g/mol. The van der Waals surface area contributed by atoms with Gasteiger partial charge in [-0.15, -0.1) is 5.10 Å². The molecule has 3 rings (SSSR count). The normalized spacial score (nSPS) is 10.8. The Bertz CT molecular complexity index is 924. The molecule has 6 nitrogen and oxygen atoms in total. The Kier molecular flexibility index (Phi) is 4.51. The lowest BCUT2D eigenvalue weighted by molar-refractivity contribution is 0.0697. The second kappa shape index (κ2) is 6.59. The Morgan fingerprint density at radius 3 is 2.67 bits per heavy atom. The van der Waals surface area contributed by atoms with Crippen molar-refractivity contribution in [2.75, 3.05) is 0 Å². The maximum atomic E-state index is 11.5. The fourth-order valence-electron chi connectivity index (χ4n) is 2.36. The van der Waals surface area contributed by atoms with Crippen LogP contribution in [0.15, 0.2) is 36.4 Å². The highest BCUT2D eigenvalue weighted by Gasteiger charge is 2.14. The van der Waals surface area contributed by atoms with Gasteiger partial charge in [-0.25, -0.2) is 4.79 Å². The van der Waals surface area contributed by atoms with Crippen LogP contribution in [0.3, 0.4) is 0 Å². The van der Waals surface area contributed by atoms with Crippen LogP contribution in [0.25, 0.3) is 16.8 Å². The number of aromatic carboxylic acids is 1. The molecule has 0 spiro atoms. The molecule has 0 aliphatic carbocycles. The van der Waals surface area contributed by atoms with Crippen molar-refractivity contribution in [1.82, 2.24) is 20.2 Å². The summed E-state index contributed by atoms with van der Waals surface area (Å²) in [6.45, 7) is 1.92. The first-order valence-corrected chi connectivity index (χ1v) is 7.86. The van der Waals surface area contributed by atoms with Gasteiger partial charge in [0.15, 0.2) is 5.82 Å².